The number of aromatic nitrogens is 2. The smallest absolute Gasteiger partial charge is 0.145 e. The van der Waals surface area contributed by atoms with Crippen LogP contribution in [0.4, 0.5) is 15.9 Å². The van der Waals surface area contributed by atoms with Gasteiger partial charge in [-0.15, -0.1) is 0 Å². The molecular formula is C31H40ClFN6O3. The van der Waals surface area contributed by atoms with Crippen molar-refractivity contribution in [1.82, 2.24) is 24.7 Å². The summed E-state index contributed by atoms with van der Waals surface area (Å²) in [7, 11) is 0. The van der Waals surface area contributed by atoms with Crippen LogP contribution in [0.1, 0.15) is 25.7 Å². The van der Waals surface area contributed by atoms with E-state index in [9.17, 15) is 4.39 Å². The minimum absolute atomic E-state index is 0.0471. The van der Waals surface area contributed by atoms with Crippen molar-refractivity contribution in [3.63, 3.8) is 0 Å². The summed E-state index contributed by atoms with van der Waals surface area (Å²) in [5, 5.41) is 4.09. The molecule has 3 heterocycles. The summed E-state index contributed by atoms with van der Waals surface area (Å²) >= 11 is 6.02. The molecule has 0 atom stereocenters. The van der Waals surface area contributed by atoms with Crippen molar-refractivity contribution >= 4 is 34.0 Å². The standard InChI is InChI=1S/C31H40ClFN6O3/c32-26-19-23(5-6-27(26)33)36-31-30-28(34-22-35-31)20-25(21-29(30)42-24-3-1-2-4-24)41-18-15-38-10-7-37(8-11-38)9-12-39-13-16-40-17-14-39/h5-6,19-22,24H,1-4,7-18H2,(H,34,35,36). The highest BCUT2D eigenvalue weighted by molar-refractivity contribution is 6.31. The van der Waals surface area contributed by atoms with E-state index in [0.29, 0.717) is 23.9 Å². The fourth-order valence-corrected chi connectivity index (χ4v) is 6.11. The number of hydrogen-bond acceptors (Lipinski definition) is 9. The number of fused-ring (bicyclic) bond motifs is 1. The van der Waals surface area contributed by atoms with Gasteiger partial charge in [-0.1, -0.05) is 11.6 Å². The van der Waals surface area contributed by atoms with Gasteiger partial charge in [0.05, 0.1) is 35.2 Å². The SMILES string of the molecule is Fc1ccc(Nc2ncnc3cc(OCCN4CCN(CCN5CCOCC5)CC4)cc(OC4CCCC4)c23)cc1Cl. The minimum atomic E-state index is -0.465. The average Bonchev–Trinajstić information content (AvgIpc) is 3.52. The molecule has 3 fully saturated rings. The van der Waals surface area contributed by atoms with Gasteiger partial charge in [0.2, 0.25) is 0 Å². The first-order valence-corrected chi connectivity index (χ1v) is 15.5. The molecule has 0 amide bonds. The van der Waals surface area contributed by atoms with Crippen LogP contribution in [-0.4, -0.2) is 109 Å². The zero-order valence-corrected chi connectivity index (χ0v) is 24.8. The topological polar surface area (TPSA) is 75.2 Å². The van der Waals surface area contributed by atoms with Crippen LogP contribution < -0.4 is 14.8 Å². The molecule has 2 saturated heterocycles. The van der Waals surface area contributed by atoms with Crippen LogP contribution in [-0.2, 0) is 4.74 Å². The van der Waals surface area contributed by atoms with Crippen LogP contribution in [0.3, 0.4) is 0 Å². The highest BCUT2D eigenvalue weighted by Crippen LogP contribution is 2.38. The van der Waals surface area contributed by atoms with E-state index in [0.717, 1.165) is 114 Å². The number of benzene rings is 2. The third-order valence-corrected chi connectivity index (χ3v) is 8.72. The largest absolute Gasteiger partial charge is 0.492 e. The van der Waals surface area contributed by atoms with Gasteiger partial charge < -0.3 is 19.5 Å². The monoisotopic (exact) mass is 598 g/mol. The summed E-state index contributed by atoms with van der Waals surface area (Å²) in [6.07, 6.45) is 6.03. The van der Waals surface area contributed by atoms with E-state index in [1.54, 1.807) is 12.1 Å². The van der Waals surface area contributed by atoms with Gasteiger partial charge in [-0.05, 0) is 43.9 Å². The molecule has 9 nitrogen and oxygen atoms in total. The van der Waals surface area contributed by atoms with Crippen LogP contribution >= 0.6 is 11.6 Å². The maximum Gasteiger partial charge on any atom is 0.145 e. The van der Waals surface area contributed by atoms with Gasteiger partial charge in [-0.3, -0.25) is 14.7 Å². The highest BCUT2D eigenvalue weighted by atomic mass is 35.5. The highest BCUT2D eigenvalue weighted by Gasteiger charge is 2.22. The molecule has 3 aromatic rings. The van der Waals surface area contributed by atoms with Crippen LogP contribution in [0.2, 0.25) is 5.02 Å². The maximum atomic E-state index is 13.7. The van der Waals surface area contributed by atoms with Crippen molar-refractivity contribution in [2.75, 3.05) is 84.0 Å². The lowest BCUT2D eigenvalue weighted by molar-refractivity contribution is 0.0295. The number of anilines is 2. The minimum Gasteiger partial charge on any atom is -0.492 e. The average molecular weight is 599 g/mol. The van der Waals surface area contributed by atoms with Gasteiger partial charge in [-0.2, -0.15) is 0 Å². The van der Waals surface area contributed by atoms with E-state index in [2.05, 4.69) is 30.0 Å². The molecule has 0 unspecified atom stereocenters. The molecule has 3 aliphatic rings. The lowest BCUT2D eigenvalue weighted by Crippen LogP contribution is -2.50. The van der Waals surface area contributed by atoms with Gasteiger partial charge in [-0.25, -0.2) is 14.4 Å². The summed E-state index contributed by atoms with van der Waals surface area (Å²) in [4.78, 5) is 16.6. The molecule has 1 saturated carbocycles. The molecule has 2 aliphatic heterocycles. The second-order valence-corrected chi connectivity index (χ2v) is 11.7. The van der Waals surface area contributed by atoms with Crippen molar-refractivity contribution in [3.8, 4) is 11.5 Å². The molecular weight excluding hydrogens is 559 g/mol. The first kappa shape index (κ1) is 29.3. The van der Waals surface area contributed by atoms with Crippen molar-refractivity contribution in [3.05, 3.63) is 47.5 Å². The van der Waals surface area contributed by atoms with Crippen LogP contribution in [0, 0.1) is 5.82 Å². The molecule has 0 bridgehead atoms. The number of rotatable bonds is 11. The summed E-state index contributed by atoms with van der Waals surface area (Å²) in [6, 6.07) is 8.40. The van der Waals surface area contributed by atoms with Crippen LogP contribution in [0.5, 0.6) is 11.5 Å². The molecule has 6 rings (SSSR count). The van der Waals surface area contributed by atoms with Crippen LogP contribution in [0.25, 0.3) is 10.9 Å². The predicted molar refractivity (Wildman–Crippen MR) is 163 cm³/mol. The Morgan fingerprint density at radius 1 is 0.905 bits per heavy atom. The lowest BCUT2D eigenvalue weighted by atomic mass is 10.2. The first-order valence-electron chi connectivity index (χ1n) is 15.2. The van der Waals surface area contributed by atoms with E-state index >= 15 is 0 Å². The van der Waals surface area contributed by atoms with Gasteiger partial charge in [0.1, 0.15) is 36.1 Å². The molecule has 226 valence electrons. The number of nitrogens with zero attached hydrogens (tertiary/aromatic N) is 5. The Kier molecular flexibility index (Phi) is 9.87. The lowest BCUT2D eigenvalue weighted by Gasteiger charge is -2.36. The fraction of sp³-hybridized carbons (Fsp3) is 0.548. The molecule has 11 heteroatoms. The first-order chi connectivity index (χ1) is 20.6. The zero-order chi connectivity index (χ0) is 28.7. The number of halogens is 2. The molecule has 1 aliphatic carbocycles. The molecule has 0 spiro atoms. The number of nitrogens with one attached hydrogen (secondary N) is 1. The molecule has 0 radical (unpaired) electrons. The summed E-state index contributed by atoms with van der Waals surface area (Å²) in [5.41, 5.74) is 1.36. The Morgan fingerprint density at radius 3 is 2.36 bits per heavy atom. The molecule has 1 aromatic heterocycles. The van der Waals surface area contributed by atoms with Crippen molar-refractivity contribution in [2.24, 2.45) is 0 Å². The van der Waals surface area contributed by atoms with Gasteiger partial charge >= 0.3 is 0 Å². The summed E-state index contributed by atoms with van der Waals surface area (Å²) in [6.45, 7) is 11.8. The number of piperazine rings is 1. The normalized spacial score (nSPS) is 19.4. The second kappa shape index (κ2) is 14.1. The Balaban J connectivity index is 1.08. The Hall–Kier alpha value is -2.76. The van der Waals surface area contributed by atoms with Crippen molar-refractivity contribution in [2.45, 2.75) is 31.8 Å². The van der Waals surface area contributed by atoms with E-state index < -0.39 is 5.82 Å². The third-order valence-electron chi connectivity index (χ3n) is 8.43. The van der Waals surface area contributed by atoms with E-state index in [1.807, 2.05) is 12.1 Å². The maximum absolute atomic E-state index is 13.7. The van der Waals surface area contributed by atoms with Crippen molar-refractivity contribution in [1.29, 1.82) is 0 Å². The number of morpholine rings is 1. The van der Waals surface area contributed by atoms with Crippen LogP contribution in [0.15, 0.2) is 36.7 Å². The van der Waals surface area contributed by atoms with E-state index in [4.69, 9.17) is 25.8 Å². The quantitative estimate of drug-likeness (QED) is 0.334. The van der Waals surface area contributed by atoms with Gasteiger partial charge in [0, 0.05) is 76.7 Å². The Labute approximate surface area is 251 Å². The molecule has 42 heavy (non-hydrogen) atoms. The van der Waals surface area contributed by atoms with E-state index in [-0.39, 0.29) is 11.1 Å². The summed E-state index contributed by atoms with van der Waals surface area (Å²) < 4.78 is 32.0. The second-order valence-electron chi connectivity index (χ2n) is 11.3. The predicted octanol–water partition coefficient (Wildman–Crippen LogP) is 4.82. The van der Waals surface area contributed by atoms with Gasteiger partial charge in [0.25, 0.3) is 0 Å². The van der Waals surface area contributed by atoms with E-state index in [1.165, 1.54) is 12.4 Å². The Morgan fingerprint density at radius 2 is 1.62 bits per heavy atom. The third kappa shape index (κ3) is 7.60. The van der Waals surface area contributed by atoms with Gasteiger partial charge in [0.15, 0.2) is 0 Å². The van der Waals surface area contributed by atoms with Crippen molar-refractivity contribution < 1.29 is 18.6 Å². The summed E-state index contributed by atoms with van der Waals surface area (Å²) in [5.74, 6) is 1.54. The number of hydrogen-bond donors (Lipinski definition) is 1. The fourth-order valence-electron chi connectivity index (χ4n) is 5.93. The number of ether oxygens (including phenoxy) is 3. The Bertz CT molecular complexity index is 1330. The molecule has 1 N–H and O–H groups in total. The zero-order valence-electron chi connectivity index (χ0n) is 24.1. The molecule has 2 aromatic carbocycles.